The Morgan fingerprint density at radius 1 is 1.07 bits per heavy atom. The van der Waals surface area contributed by atoms with Gasteiger partial charge in [-0.3, -0.25) is 0 Å². The first-order valence-corrected chi connectivity index (χ1v) is 10.3. The highest BCUT2D eigenvalue weighted by molar-refractivity contribution is 7.12. The standard InChI is InChI=1S/C21H19Cl2N3OS/c22-19-6-5-16(9-20(19)23)18-13-28-21(17(18)10-25)27-12-15-3-1-14(2-4-15)11-26-8-7-24/h1-6,9,13,26H,7-8,11-12,24H2. The lowest BCUT2D eigenvalue weighted by molar-refractivity contribution is 0.315. The van der Waals surface area contributed by atoms with Gasteiger partial charge in [-0.25, -0.2) is 0 Å². The number of benzene rings is 2. The number of thiophene rings is 1. The third-order valence-corrected chi connectivity index (χ3v) is 5.77. The Balaban J connectivity index is 1.69. The van der Waals surface area contributed by atoms with E-state index in [0.717, 1.165) is 29.8 Å². The van der Waals surface area contributed by atoms with Crippen molar-refractivity contribution in [3.63, 3.8) is 0 Å². The Hall–Kier alpha value is -2.07. The van der Waals surface area contributed by atoms with Gasteiger partial charge in [0.05, 0.1) is 10.0 Å². The van der Waals surface area contributed by atoms with Crippen molar-refractivity contribution in [2.24, 2.45) is 5.73 Å². The predicted molar refractivity (Wildman–Crippen MR) is 116 cm³/mol. The van der Waals surface area contributed by atoms with Gasteiger partial charge in [0.15, 0.2) is 5.06 Å². The molecule has 3 N–H and O–H groups in total. The van der Waals surface area contributed by atoms with Crippen molar-refractivity contribution in [1.29, 1.82) is 5.26 Å². The smallest absolute Gasteiger partial charge is 0.192 e. The molecule has 2 aromatic carbocycles. The van der Waals surface area contributed by atoms with Crippen LogP contribution >= 0.6 is 34.5 Å². The number of nitrogens with zero attached hydrogens (tertiary/aromatic N) is 1. The normalized spacial score (nSPS) is 10.6. The minimum Gasteiger partial charge on any atom is -0.478 e. The third kappa shape index (κ3) is 5.05. The molecular weight excluding hydrogens is 413 g/mol. The molecule has 0 fully saturated rings. The van der Waals surface area contributed by atoms with Gasteiger partial charge in [0, 0.05) is 30.6 Å². The summed E-state index contributed by atoms with van der Waals surface area (Å²) in [6.45, 7) is 2.60. The van der Waals surface area contributed by atoms with Crippen LogP contribution in [-0.2, 0) is 13.2 Å². The van der Waals surface area contributed by atoms with E-state index in [1.165, 1.54) is 16.9 Å². The molecule has 7 heteroatoms. The largest absolute Gasteiger partial charge is 0.478 e. The summed E-state index contributed by atoms with van der Waals surface area (Å²) in [5.41, 5.74) is 9.84. The fourth-order valence-electron chi connectivity index (χ4n) is 2.67. The summed E-state index contributed by atoms with van der Waals surface area (Å²) >= 11 is 13.5. The lowest BCUT2D eigenvalue weighted by Gasteiger charge is -2.07. The van der Waals surface area contributed by atoms with Crippen molar-refractivity contribution >= 4 is 34.5 Å². The topological polar surface area (TPSA) is 71.1 Å². The van der Waals surface area contributed by atoms with Crippen LogP contribution in [0.15, 0.2) is 47.8 Å². The van der Waals surface area contributed by atoms with E-state index in [1.807, 2.05) is 23.6 Å². The Labute approximate surface area is 178 Å². The molecule has 4 nitrogen and oxygen atoms in total. The van der Waals surface area contributed by atoms with Crippen molar-refractivity contribution in [2.75, 3.05) is 13.1 Å². The summed E-state index contributed by atoms with van der Waals surface area (Å²) in [5.74, 6) is 0. The number of hydrogen-bond acceptors (Lipinski definition) is 5. The van der Waals surface area contributed by atoms with Crippen LogP contribution < -0.4 is 15.8 Å². The van der Waals surface area contributed by atoms with E-state index in [2.05, 4.69) is 23.5 Å². The van der Waals surface area contributed by atoms with Crippen molar-refractivity contribution in [3.05, 3.63) is 74.6 Å². The van der Waals surface area contributed by atoms with Gasteiger partial charge < -0.3 is 15.8 Å². The molecular formula is C21H19Cl2N3OS. The first kappa shape index (κ1) is 20.7. The van der Waals surface area contributed by atoms with Crippen LogP contribution in [0.25, 0.3) is 11.1 Å². The first-order valence-electron chi connectivity index (χ1n) is 8.70. The van der Waals surface area contributed by atoms with Gasteiger partial charge in [0.25, 0.3) is 0 Å². The van der Waals surface area contributed by atoms with Crippen LogP contribution in [0.1, 0.15) is 16.7 Å². The number of ether oxygens (including phenoxy) is 1. The van der Waals surface area contributed by atoms with Crippen molar-refractivity contribution < 1.29 is 4.74 Å². The average molecular weight is 432 g/mol. The molecule has 1 aromatic heterocycles. The number of rotatable bonds is 8. The fraction of sp³-hybridized carbons (Fsp3) is 0.190. The monoisotopic (exact) mass is 431 g/mol. The van der Waals surface area contributed by atoms with Gasteiger partial charge in [-0.15, -0.1) is 11.3 Å². The fourth-order valence-corrected chi connectivity index (χ4v) is 3.84. The van der Waals surface area contributed by atoms with Gasteiger partial charge in [-0.2, -0.15) is 5.26 Å². The van der Waals surface area contributed by atoms with E-state index in [1.54, 1.807) is 12.1 Å². The molecule has 0 bridgehead atoms. The lowest BCUT2D eigenvalue weighted by Crippen LogP contribution is -2.21. The molecule has 144 valence electrons. The lowest BCUT2D eigenvalue weighted by atomic mass is 10.1. The number of hydrogen-bond donors (Lipinski definition) is 2. The van der Waals surface area contributed by atoms with Crippen LogP contribution in [0.2, 0.25) is 10.0 Å². The molecule has 0 spiro atoms. The van der Waals surface area contributed by atoms with Crippen LogP contribution in [0, 0.1) is 11.3 Å². The molecule has 3 rings (SSSR count). The molecule has 0 radical (unpaired) electrons. The molecule has 0 saturated carbocycles. The zero-order valence-corrected chi connectivity index (χ0v) is 17.4. The van der Waals surface area contributed by atoms with E-state index in [-0.39, 0.29) is 0 Å². The Morgan fingerprint density at radius 2 is 1.82 bits per heavy atom. The molecule has 0 unspecified atom stereocenters. The van der Waals surface area contributed by atoms with Gasteiger partial charge in [-0.05, 0) is 28.8 Å². The quantitative estimate of drug-likeness (QED) is 0.479. The van der Waals surface area contributed by atoms with Gasteiger partial charge in [-0.1, -0.05) is 53.5 Å². The van der Waals surface area contributed by atoms with Crippen molar-refractivity contribution in [2.45, 2.75) is 13.2 Å². The number of halogens is 2. The van der Waals surface area contributed by atoms with Gasteiger partial charge >= 0.3 is 0 Å². The molecule has 0 amide bonds. The number of nitrogens with two attached hydrogens (primary N) is 1. The molecule has 3 aromatic rings. The Kier molecular flexibility index (Phi) is 7.32. The maximum atomic E-state index is 9.61. The molecule has 0 saturated heterocycles. The maximum absolute atomic E-state index is 9.61. The second-order valence-electron chi connectivity index (χ2n) is 6.12. The average Bonchev–Trinajstić information content (AvgIpc) is 3.12. The zero-order valence-electron chi connectivity index (χ0n) is 15.0. The van der Waals surface area contributed by atoms with Crippen LogP contribution in [0.5, 0.6) is 5.06 Å². The van der Waals surface area contributed by atoms with Crippen LogP contribution in [0.4, 0.5) is 0 Å². The summed E-state index contributed by atoms with van der Waals surface area (Å²) < 4.78 is 5.91. The summed E-state index contributed by atoms with van der Waals surface area (Å²) in [5, 5.41) is 16.3. The maximum Gasteiger partial charge on any atom is 0.192 e. The second kappa shape index (κ2) is 9.92. The highest BCUT2D eigenvalue weighted by Crippen LogP contribution is 2.38. The van der Waals surface area contributed by atoms with E-state index >= 15 is 0 Å². The van der Waals surface area contributed by atoms with Gasteiger partial charge in [0.2, 0.25) is 0 Å². The SMILES string of the molecule is N#Cc1c(-c2ccc(Cl)c(Cl)c2)csc1OCc1ccc(CNCCN)cc1. The van der Waals surface area contributed by atoms with E-state index in [0.29, 0.717) is 33.8 Å². The minimum atomic E-state index is 0.395. The summed E-state index contributed by atoms with van der Waals surface area (Å²) in [4.78, 5) is 0. The van der Waals surface area contributed by atoms with Crippen LogP contribution in [-0.4, -0.2) is 13.1 Å². The molecule has 1 heterocycles. The van der Waals surface area contributed by atoms with Crippen molar-refractivity contribution in [3.8, 4) is 22.3 Å². The molecule has 0 aliphatic heterocycles. The number of nitriles is 1. The first-order chi connectivity index (χ1) is 13.6. The van der Waals surface area contributed by atoms with Gasteiger partial charge in [0.1, 0.15) is 18.2 Å². The highest BCUT2D eigenvalue weighted by Gasteiger charge is 2.15. The molecule has 28 heavy (non-hydrogen) atoms. The summed E-state index contributed by atoms with van der Waals surface area (Å²) in [7, 11) is 0. The zero-order chi connectivity index (χ0) is 19.9. The van der Waals surface area contributed by atoms with Crippen molar-refractivity contribution in [1.82, 2.24) is 5.32 Å². The predicted octanol–water partition coefficient (Wildman–Crippen LogP) is 5.22. The molecule has 0 atom stereocenters. The van der Waals surface area contributed by atoms with E-state index < -0.39 is 0 Å². The number of nitrogens with one attached hydrogen (secondary N) is 1. The highest BCUT2D eigenvalue weighted by atomic mass is 35.5. The molecule has 0 aliphatic carbocycles. The van der Waals surface area contributed by atoms with E-state index in [9.17, 15) is 5.26 Å². The summed E-state index contributed by atoms with van der Waals surface area (Å²) in [6.07, 6.45) is 0. The minimum absolute atomic E-state index is 0.395. The Morgan fingerprint density at radius 3 is 2.50 bits per heavy atom. The molecule has 0 aliphatic rings. The second-order valence-corrected chi connectivity index (χ2v) is 7.78. The van der Waals surface area contributed by atoms with E-state index in [4.69, 9.17) is 33.7 Å². The summed E-state index contributed by atoms with van der Waals surface area (Å²) in [6, 6.07) is 15.7. The van der Waals surface area contributed by atoms with Crippen LogP contribution in [0.3, 0.4) is 0 Å². The third-order valence-electron chi connectivity index (χ3n) is 4.14. The Bertz CT molecular complexity index is 980.